The Morgan fingerprint density at radius 1 is 1.14 bits per heavy atom. The van der Waals surface area contributed by atoms with Crippen LogP contribution in [0, 0.1) is 5.82 Å². The molecule has 2 aromatic rings. The quantitative estimate of drug-likeness (QED) is 0.645. The Hall–Kier alpha value is -0.710. The normalized spacial score (nSPS) is 12.4. The summed E-state index contributed by atoms with van der Waals surface area (Å²) in [4.78, 5) is 0. The van der Waals surface area contributed by atoms with E-state index in [-0.39, 0.29) is 11.9 Å². The van der Waals surface area contributed by atoms with Crippen molar-refractivity contribution in [3.8, 4) is 0 Å². The van der Waals surface area contributed by atoms with Crippen LogP contribution in [0.2, 0.25) is 0 Å². The number of hydrogen-bond donors (Lipinski definition) is 1. The lowest BCUT2D eigenvalue weighted by Gasteiger charge is -2.21. The molecule has 1 nitrogen and oxygen atoms in total. The van der Waals surface area contributed by atoms with Gasteiger partial charge in [0.05, 0.1) is 0 Å². The minimum absolute atomic E-state index is 0.152. The molecule has 1 unspecified atom stereocenters. The van der Waals surface area contributed by atoms with E-state index in [9.17, 15) is 4.39 Å². The molecular weight excluding hydrogens is 397 g/mol. The van der Waals surface area contributed by atoms with E-state index < -0.39 is 0 Å². The molecule has 0 aliphatic heterocycles. The van der Waals surface area contributed by atoms with Crippen LogP contribution in [0.25, 0.3) is 0 Å². The third-order valence-corrected chi connectivity index (χ3v) is 4.52. The predicted molar refractivity (Wildman–Crippen MR) is 93.0 cm³/mol. The molecule has 0 spiro atoms. The Morgan fingerprint density at radius 3 is 2.67 bits per heavy atom. The maximum atomic E-state index is 13.4. The highest BCUT2D eigenvalue weighted by atomic mass is 79.9. The number of benzene rings is 2. The molecule has 0 aliphatic carbocycles. The van der Waals surface area contributed by atoms with Crippen LogP contribution in [0.15, 0.2) is 51.4 Å². The minimum Gasteiger partial charge on any atom is -0.310 e. The Kier molecular flexibility index (Phi) is 6.40. The van der Waals surface area contributed by atoms with Gasteiger partial charge in [-0.3, -0.25) is 0 Å². The van der Waals surface area contributed by atoms with Gasteiger partial charge in [0.1, 0.15) is 5.82 Å². The van der Waals surface area contributed by atoms with E-state index in [0.717, 1.165) is 33.9 Å². The van der Waals surface area contributed by atoms with Gasteiger partial charge in [0, 0.05) is 15.0 Å². The maximum Gasteiger partial charge on any atom is 0.123 e. The largest absolute Gasteiger partial charge is 0.310 e. The Balaban J connectivity index is 2.27. The SMILES string of the molecule is CCCNC(Cc1cccc(F)c1)c1cc(Br)ccc1Br. The zero-order chi connectivity index (χ0) is 15.2. The summed E-state index contributed by atoms with van der Waals surface area (Å²) in [7, 11) is 0. The second kappa shape index (κ2) is 8.06. The van der Waals surface area contributed by atoms with Crippen LogP contribution >= 0.6 is 31.9 Å². The van der Waals surface area contributed by atoms with Crippen LogP contribution in [0.3, 0.4) is 0 Å². The first-order chi connectivity index (χ1) is 10.1. The van der Waals surface area contributed by atoms with Crippen LogP contribution in [0.1, 0.15) is 30.5 Å². The lowest BCUT2D eigenvalue weighted by molar-refractivity contribution is 0.525. The monoisotopic (exact) mass is 413 g/mol. The van der Waals surface area contributed by atoms with Crippen molar-refractivity contribution >= 4 is 31.9 Å². The van der Waals surface area contributed by atoms with Crippen LogP contribution in [-0.2, 0) is 6.42 Å². The van der Waals surface area contributed by atoms with Crippen molar-refractivity contribution < 1.29 is 4.39 Å². The van der Waals surface area contributed by atoms with E-state index in [4.69, 9.17) is 0 Å². The molecule has 0 fully saturated rings. The Bertz CT molecular complexity index is 601. The van der Waals surface area contributed by atoms with Crippen molar-refractivity contribution in [1.82, 2.24) is 5.32 Å². The first-order valence-corrected chi connectivity index (χ1v) is 8.61. The predicted octanol–water partition coefficient (Wildman–Crippen LogP) is 5.63. The molecule has 0 aromatic heterocycles. The molecule has 0 amide bonds. The summed E-state index contributed by atoms with van der Waals surface area (Å²) < 4.78 is 15.5. The van der Waals surface area contributed by atoms with Gasteiger partial charge in [-0.25, -0.2) is 4.39 Å². The summed E-state index contributed by atoms with van der Waals surface area (Å²) in [6.45, 7) is 3.07. The number of halogens is 3. The molecule has 0 saturated heterocycles. The van der Waals surface area contributed by atoms with E-state index in [2.05, 4.69) is 50.2 Å². The van der Waals surface area contributed by atoms with E-state index in [1.54, 1.807) is 12.1 Å². The minimum atomic E-state index is -0.185. The molecule has 0 bridgehead atoms. The summed E-state index contributed by atoms with van der Waals surface area (Å²) >= 11 is 7.14. The molecule has 1 N–H and O–H groups in total. The van der Waals surface area contributed by atoms with Gasteiger partial charge in [-0.05, 0) is 60.8 Å². The van der Waals surface area contributed by atoms with Gasteiger partial charge in [-0.1, -0.05) is 50.9 Å². The van der Waals surface area contributed by atoms with Crippen molar-refractivity contribution in [3.05, 3.63) is 68.4 Å². The summed E-state index contributed by atoms with van der Waals surface area (Å²) in [6.07, 6.45) is 1.82. The van der Waals surface area contributed by atoms with Crippen molar-refractivity contribution in [3.63, 3.8) is 0 Å². The highest BCUT2D eigenvalue weighted by Gasteiger charge is 2.15. The number of nitrogens with one attached hydrogen (secondary N) is 1. The third kappa shape index (κ3) is 4.90. The fourth-order valence-electron chi connectivity index (χ4n) is 2.29. The van der Waals surface area contributed by atoms with Gasteiger partial charge in [0.25, 0.3) is 0 Å². The summed E-state index contributed by atoms with van der Waals surface area (Å²) in [5.74, 6) is -0.185. The summed E-state index contributed by atoms with van der Waals surface area (Å²) in [5, 5.41) is 3.55. The van der Waals surface area contributed by atoms with Crippen LogP contribution < -0.4 is 5.32 Å². The molecule has 4 heteroatoms. The summed E-state index contributed by atoms with van der Waals surface area (Å²) in [5.41, 5.74) is 2.18. The van der Waals surface area contributed by atoms with Gasteiger partial charge in [0.2, 0.25) is 0 Å². The number of hydrogen-bond acceptors (Lipinski definition) is 1. The average Bonchev–Trinajstić information content (AvgIpc) is 2.46. The molecule has 0 saturated carbocycles. The molecule has 2 rings (SSSR count). The van der Waals surface area contributed by atoms with E-state index in [1.165, 1.54) is 11.6 Å². The van der Waals surface area contributed by atoms with Crippen LogP contribution in [0.5, 0.6) is 0 Å². The molecule has 0 radical (unpaired) electrons. The average molecular weight is 415 g/mol. The molecule has 0 aliphatic rings. The highest BCUT2D eigenvalue weighted by Crippen LogP contribution is 2.29. The standard InChI is InChI=1S/C17H18Br2FN/c1-2-8-21-17(10-12-4-3-5-14(20)9-12)15-11-13(18)6-7-16(15)19/h3-7,9,11,17,21H,2,8,10H2,1H3. The van der Waals surface area contributed by atoms with Crippen LogP contribution in [0.4, 0.5) is 4.39 Å². The van der Waals surface area contributed by atoms with Crippen molar-refractivity contribution in [2.45, 2.75) is 25.8 Å². The highest BCUT2D eigenvalue weighted by molar-refractivity contribution is 9.11. The number of rotatable bonds is 6. The zero-order valence-corrected chi connectivity index (χ0v) is 15.0. The van der Waals surface area contributed by atoms with E-state index in [0.29, 0.717) is 0 Å². The maximum absolute atomic E-state index is 13.4. The van der Waals surface area contributed by atoms with Gasteiger partial charge >= 0.3 is 0 Å². The molecule has 21 heavy (non-hydrogen) atoms. The first kappa shape index (κ1) is 16.7. The Labute approximate surface area is 142 Å². The fourth-order valence-corrected chi connectivity index (χ4v) is 3.19. The van der Waals surface area contributed by atoms with Gasteiger partial charge < -0.3 is 5.32 Å². The fraction of sp³-hybridized carbons (Fsp3) is 0.294. The van der Waals surface area contributed by atoms with E-state index >= 15 is 0 Å². The Morgan fingerprint density at radius 2 is 1.95 bits per heavy atom. The lowest BCUT2D eigenvalue weighted by Crippen LogP contribution is -2.24. The summed E-state index contributed by atoms with van der Waals surface area (Å²) in [6, 6.07) is 13.1. The second-order valence-corrected chi connectivity index (χ2v) is 6.78. The van der Waals surface area contributed by atoms with Gasteiger partial charge in [0.15, 0.2) is 0 Å². The lowest BCUT2D eigenvalue weighted by atomic mass is 9.98. The van der Waals surface area contributed by atoms with E-state index in [1.807, 2.05) is 18.2 Å². The molecule has 112 valence electrons. The zero-order valence-electron chi connectivity index (χ0n) is 11.9. The second-order valence-electron chi connectivity index (χ2n) is 5.01. The van der Waals surface area contributed by atoms with Crippen LogP contribution in [-0.4, -0.2) is 6.54 Å². The van der Waals surface area contributed by atoms with Crippen molar-refractivity contribution in [1.29, 1.82) is 0 Å². The topological polar surface area (TPSA) is 12.0 Å². The van der Waals surface area contributed by atoms with Crippen molar-refractivity contribution in [2.75, 3.05) is 6.54 Å². The van der Waals surface area contributed by atoms with Gasteiger partial charge in [-0.15, -0.1) is 0 Å². The first-order valence-electron chi connectivity index (χ1n) is 7.03. The smallest absolute Gasteiger partial charge is 0.123 e. The molecular formula is C17H18Br2FN. The molecule has 2 aromatic carbocycles. The third-order valence-electron chi connectivity index (χ3n) is 3.30. The molecule has 0 heterocycles. The van der Waals surface area contributed by atoms with Gasteiger partial charge in [-0.2, -0.15) is 0 Å². The van der Waals surface area contributed by atoms with Crippen molar-refractivity contribution in [2.24, 2.45) is 0 Å². The molecule has 1 atom stereocenters.